The lowest BCUT2D eigenvalue weighted by Crippen LogP contribution is -2.02. The number of hydrogen-bond donors (Lipinski definition) is 0. The van der Waals surface area contributed by atoms with Crippen LogP contribution in [0.2, 0.25) is 5.02 Å². The van der Waals surface area contributed by atoms with Crippen molar-refractivity contribution >= 4 is 57.9 Å². The molecule has 2 aromatic rings. The molecule has 0 saturated heterocycles. The van der Waals surface area contributed by atoms with Gasteiger partial charge in [-0.25, -0.2) is 0 Å². The van der Waals surface area contributed by atoms with E-state index in [4.69, 9.17) is 11.6 Å². The normalized spacial score (nSPS) is 10.7. The van der Waals surface area contributed by atoms with E-state index in [1.807, 2.05) is 0 Å². The smallest absolute Gasteiger partial charge is 0.258 e. The monoisotopic (exact) mass is 484 g/mol. The molecule has 0 aliphatic heterocycles. The fourth-order valence-electron chi connectivity index (χ4n) is 2.61. The summed E-state index contributed by atoms with van der Waals surface area (Å²) in [6, 6.07) is 1.05. The third kappa shape index (κ3) is 4.64. The van der Waals surface area contributed by atoms with E-state index in [1.54, 1.807) is 0 Å². The number of nitro benzene ring substituents is 6. The Bertz CT molecular complexity index is 1270. The van der Waals surface area contributed by atoms with E-state index in [0.29, 0.717) is 30.4 Å². The maximum atomic E-state index is 11.4. The van der Waals surface area contributed by atoms with Gasteiger partial charge in [0.05, 0.1) is 47.7 Å². The lowest BCUT2D eigenvalue weighted by molar-refractivity contribution is -0.403. The lowest BCUT2D eigenvalue weighted by Gasteiger charge is -2.04. The van der Waals surface area contributed by atoms with Crippen molar-refractivity contribution < 1.29 is 29.5 Å². The third-order valence-corrected chi connectivity index (χ3v) is 4.33. The minimum atomic E-state index is -1.32. The predicted molar refractivity (Wildman–Crippen MR) is 107 cm³/mol. The summed E-state index contributed by atoms with van der Waals surface area (Å²) in [4.78, 5) is 60.1. The number of rotatable bonds is 8. The second-order valence-corrected chi connectivity index (χ2v) is 6.14. The van der Waals surface area contributed by atoms with Gasteiger partial charge in [0.15, 0.2) is 5.02 Å². The van der Waals surface area contributed by atoms with Crippen molar-refractivity contribution in [1.82, 2.24) is 0 Å². The van der Waals surface area contributed by atoms with Crippen LogP contribution >= 0.6 is 11.6 Å². The average Bonchev–Trinajstić information content (AvgIpc) is 2.70. The first-order chi connectivity index (χ1) is 15.3. The Morgan fingerprint density at radius 1 is 0.545 bits per heavy atom. The summed E-state index contributed by atoms with van der Waals surface area (Å²) in [6.07, 6.45) is 0.977. The highest BCUT2D eigenvalue weighted by atomic mass is 35.5. The molecule has 0 N–H and O–H groups in total. The summed E-state index contributed by atoms with van der Waals surface area (Å²) >= 11 is 5.65. The first-order valence-corrected chi connectivity index (χ1v) is 8.24. The molecule has 0 unspecified atom stereocenters. The highest BCUT2D eigenvalue weighted by Gasteiger charge is 2.35. The van der Waals surface area contributed by atoms with E-state index in [0.717, 1.165) is 0 Å². The predicted octanol–water partition coefficient (Wildman–Crippen LogP) is 3.96. The van der Waals surface area contributed by atoms with Crippen LogP contribution in [0.4, 0.5) is 34.1 Å². The van der Waals surface area contributed by atoms with Crippen LogP contribution in [0.5, 0.6) is 0 Å². The molecule has 0 saturated carbocycles. The number of halogens is 1. The quantitative estimate of drug-likeness (QED) is 0.292. The molecule has 0 aliphatic carbocycles. The van der Waals surface area contributed by atoms with Gasteiger partial charge in [-0.15, -0.1) is 0 Å². The maximum absolute atomic E-state index is 11.4. The zero-order valence-corrected chi connectivity index (χ0v) is 16.1. The molecule has 0 aromatic heterocycles. The molecule has 170 valence electrons. The fraction of sp³-hybridized carbons (Fsp3) is 0. The van der Waals surface area contributed by atoms with Crippen molar-refractivity contribution in [3.63, 3.8) is 0 Å². The van der Waals surface area contributed by atoms with Crippen molar-refractivity contribution in [3.05, 3.63) is 95.0 Å². The molecule has 0 radical (unpaired) electrons. The molecular formula is C14H5ClN6O12. The standard InChI is InChI=1S/C14H5ClN6O12/c15-13-12(20(30)31)5-11(19(28)29)8(14(13)21(32)33)2-1-7-9(17(24)25)3-6(16(22)23)4-10(7)18(26)27/h1-5H. The molecule has 33 heavy (non-hydrogen) atoms. The molecule has 0 heterocycles. The molecule has 0 spiro atoms. The van der Waals surface area contributed by atoms with Crippen molar-refractivity contribution in [3.8, 4) is 0 Å². The van der Waals surface area contributed by atoms with Crippen molar-refractivity contribution in [2.45, 2.75) is 0 Å². The topological polar surface area (TPSA) is 259 Å². The summed E-state index contributed by atoms with van der Waals surface area (Å²) in [5, 5.41) is 66.3. The van der Waals surface area contributed by atoms with Gasteiger partial charge in [-0.3, -0.25) is 60.7 Å². The molecule has 0 bridgehead atoms. The first kappa shape index (κ1) is 24.1. The summed E-state index contributed by atoms with van der Waals surface area (Å²) in [7, 11) is 0. The number of nitro groups is 6. The molecule has 0 aliphatic rings. The number of hydrogen-bond acceptors (Lipinski definition) is 12. The third-order valence-electron chi connectivity index (χ3n) is 3.96. The van der Waals surface area contributed by atoms with E-state index < -0.39 is 79.8 Å². The van der Waals surface area contributed by atoms with Crippen LogP contribution in [0.25, 0.3) is 12.2 Å². The Morgan fingerprint density at radius 2 is 0.939 bits per heavy atom. The van der Waals surface area contributed by atoms with Crippen LogP contribution in [0.1, 0.15) is 11.1 Å². The van der Waals surface area contributed by atoms with Crippen molar-refractivity contribution in [2.24, 2.45) is 0 Å². The highest BCUT2D eigenvalue weighted by Crippen LogP contribution is 2.43. The summed E-state index contributed by atoms with van der Waals surface area (Å²) in [5.41, 5.74) is -8.91. The van der Waals surface area contributed by atoms with E-state index in [1.165, 1.54) is 0 Å². The highest BCUT2D eigenvalue weighted by molar-refractivity contribution is 6.35. The van der Waals surface area contributed by atoms with Gasteiger partial charge in [-0.2, -0.15) is 0 Å². The molecule has 0 amide bonds. The van der Waals surface area contributed by atoms with E-state index in [2.05, 4.69) is 0 Å². The minimum Gasteiger partial charge on any atom is -0.258 e. The molecule has 0 fully saturated rings. The van der Waals surface area contributed by atoms with Gasteiger partial charge in [-0.05, 0) is 12.2 Å². The SMILES string of the molecule is O=[N+]([O-])c1cc([N+](=O)[O-])c(C=Cc2c([N+](=O)[O-])cc([N+](=O)[O-])c(Cl)c2[N+](=O)[O-])c([N+](=O)[O-])c1. The van der Waals surface area contributed by atoms with Gasteiger partial charge in [0, 0.05) is 0 Å². The summed E-state index contributed by atoms with van der Waals surface area (Å²) in [6.45, 7) is 0. The fourth-order valence-corrected chi connectivity index (χ4v) is 2.91. The average molecular weight is 485 g/mol. The Labute approximate surface area is 183 Å². The Morgan fingerprint density at radius 3 is 1.30 bits per heavy atom. The van der Waals surface area contributed by atoms with E-state index >= 15 is 0 Å². The Kier molecular flexibility index (Phi) is 6.53. The van der Waals surface area contributed by atoms with Crippen LogP contribution < -0.4 is 0 Å². The van der Waals surface area contributed by atoms with Crippen LogP contribution in [0.3, 0.4) is 0 Å². The van der Waals surface area contributed by atoms with E-state index in [9.17, 15) is 60.7 Å². The van der Waals surface area contributed by atoms with Crippen molar-refractivity contribution in [2.75, 3.05) is 0 Å². The molecule has 2 aromatic carbocycles. The van der Waals surface area contributed by atoms with Gasteiger partial charge >= 0.3 is 11.4 Å². The Balaban J connectivity index is 2.95. The van der Waals surface area contributed by atoms with Crippen molar-refractivity contribution in [1.29, 1.82) is 0 Å². The van der Waals surface area contributed by atoms with Gasteiger partial charge in [-0.1, -0.05) is 11.6 Å². The van der Waals surface area contributed by atoms with Gasteiger partial charge in [0.1, 0.15) is 11.1 Å². The molecule has 2 rings (SSSR count). The molecule has 0 atom stereocenters. The Hall–Kier alpha value is -5.13. The second kappa shape index (κ2) is 8.93. The van der Waals surface area contributed by atoms with Crippen LogP contribution in [0.15, 0.2) is 18.2 Å². The number of benzene rings is 2. The summed E-state index contributed by atoms with van der Waals surface area (Å²) < 4.78 is 0. The zero-order valence-electron chi connectivity index (χ0n) is 15.3. The van der Waals surface area contributed by atoms with Crippen LogP contribution in [-0.2, 0) is 0 Å². The number of nitrogens with zero attached hydrogens (tertiary/aromatic N) is 6. The summed E-state index contributed by atoms with van der Waals surface area (Å²) in [5.74, 6) is 0. The largest absolute Gasteiger partial charge is 0.309 e. The molecular weight excluding hydrogens is 480 g/mol. The second-order valence-electron chi connectivity index (χ2n) is 5.76. The lowest BCUT2D eigenvalue weighted by atomic mass is 10.0. The van der Waals surface area contributed by atoms with Crippen LogP contribution in [-0.4, -0.2) is 29.5 Å². The molecule has 19 heteroatoms. The maximum Gasteiger partial charge on any atom is 0.309 e. The zero-order chi connectivity index (χ0) is 25.2. The number of non-ortho nitro benzene ring substituents is 1. The van der Waals surface area contributed by atoms with Crippen LogP contribution in [0, 0.1) is 60.7 Å². The molecule has 18 nitrogen and oxygen atoms in total. The van der Waals surface area contributed by atoms with Gasteiger partial charge in [0.25, 0.3) is 22.7 Å². The van der Waals surface area contributed by atoms with E-state index in [-0.39, 0.29) is 0 Å². The first-order valence-electron chi connectivity index (χ1n) is 7.86. The van der Waals surface area contributed by atoms with Gasteiger partial charge in [0.2, 0.25) is 0 Å². The minimum absolute atomic E-state index is 0.299. The van der Waals surface area contributed by atoms with Gasteiger partial charge < -0.3 is 0 Å².